The number of amides is 2. The van der Waals surface area contributed by atoms with Crippen molar-refractivity contribution in [1.29, 1.82) is 0 Å². The van der Waals surface area contributed by atoms with Crippen molar-refractivity contribution in [2.45, 2.75) is 58.0 Å². The summed E-state index contributed by atoms with van der Waals surface area (Å²) in [4.78, 5) is 23.3. The first kappa shape index (κ1) is 15.0. The molecule has 0 aromatic carbocycles. The van der Waals surface area contributed by atoms with Gasteiger partial charge < -0.3 is 16.4 Å². The zero-order valence-corrected chi connectivity index (χ0v) is 11.4. The molecule has 18 heavy (non-hydrogen) atoms. The molecule has 104 valence electrons. The molecule has 1 saturated carbocycles. The fraction of sp³-hybridized carbons (Fsp3) is 0.846. The SMILES string of the molecule is CCNC(=O)C(C)NC(=O)CC1CCCCC1N. The van der Waals surface area contributed by atoms with E-state index < -0.39 is 6.04 Å². The average Bonchev–Trinajstić information content (AvgIpc) is 2.32. The molecule has 1 rings (SSSR count). The van der Waals surface area contributed by atoms with E-state index in [1.807, 2.05) is 6.92 Å². The quantitative estimate of drug-likeness (QED) is 0.670. The van der Waals surface area contributed by atoms with Crippen LogP contribution in [0.25, 0.3) is 0 Å². The normalized spacial score (nSPS) is 25.3. The van der Waals surface area contributed by atoms with Gasteiger partial charge in [0.25, 0.3) is 0 Å². The van der Waals surface area contributed by atoms with Crippen LogP contribution in [-0.2, 0) is 9.59 Å². The first-order valence-electron chi connectivity index (χ1n) is 6.87. The largest absolute Gasteiger partial charge is 0.355 e. The van der Waals surface area contributed by atoms with E-state index in [2.05, 4.69) is 10.6 Å². The van der Waals surface area contributed by atoms with Gasteiger partial charge in [-0.15, -0.1) is 0 Å². The van der Waals surface area contributed by atoms with E-state index in [0.29, 0.717) is 13.0 Å². The van der Waals surface area contributed by atoms with E-state index in [4.69, 9.17) is 5.73 Å². The third kappa shape index (κ3) is 4.64. The number of rotatable bonds is 5. The van der Waals surface area contributed by atoms with Gasteiger partial charge in [-0.2, -0.15) is 0 Å². The fourth-order valence-electron chi connectivity index (χ4n) is 2.42. The minimum atomic E-state index is -0.475. The number of hydrogen-bond acceptors (Lipinski definition) is 3. The number of carbonyl (C=O) groups is 2. The minimum Gasteiger partial charge on any atom is -0.355 e. The molecule has 0 radical (unpaired) electrons. The molecule has 2 amide bonds. The summed E-state index contributed by atoms with van der Waals surface area (Å²) in [5.74, 6) is 0.0510. The van der Waals surface area contributed by atoms with Crippen LogP contribution in [0.3, 0.4) is 0 Å². The first-order valence-corrected chi connectivity index (χ1v) is 6.87. The topological polar surface area (TPSA) is 84.2 Å². The molecule has 1 fully saturated rings. The number of nitrogens with two attached hydrogens (primary N) is 1. The molecule has 1 aliphatic rings. The number of hydrogen-bond donors (Lipinski definition) is 3. The van der Waals surface area contributed by atoms with E-state index >= 15 is 0 Å². The minimum absolute atomic E-state index is 0.0731. The summed E-state index contributed by atoms with van der Waals surface area (Å²) in [6, 6.07) is -0.346. The standard InChI is InChI=1S/C13H25N3O2/c1-3-15-13(18)9(2)16-12(17)8-10-6-4-5-7-11(10)14/h9-11H,3-8,14H2,1-2H3,(H,15,18)(H,16,17). The monoisotopic (exact) mass is 255 g/mol. The summed E-state index contributed by atoms with van der Waals surface area (Å²) in [5.41, 5.74) is 6.01. The van der Waals surface area contributed by atoms with Gasteiger partial charge in [-0.25, -0.2) is 0 Å². The summed E-state index contributed by atoms with van der Waals surface area (Å²) in [7, 11) is 0. The van der Waals surface area contributed by atoms with Crippen LogP contribution in [0.4, 0.5) is 0 Å². The molecule has 5 heteroatoms. The maximum Gasteiger partial charge on any atom is 0.242 e. The maximum atomic E-state index is 11.8. The van der Waals surface area contributed by atoms with Crippen molar-refractivity contribution in [3.63, 3.8) is 0 Å². The lowest BCUT2D eigenvalue weighted by molar-refractivity contribution is -0.129. The summed E-state index contributed by atoms with van der Waals surface area (Å²) in [5, 5.41) is 5.41. The number of nitrogens with one attached hydrogen (secondary N) is 2. The third-order valence-corrected chi connectivity index (χ3v) is 3.54. The van der Waals surface area contributed by atoms with Gasteiger partial charge in [-0.05, 0) is 32.6 Å². The fourth-order valence-corrected chi connectivity index (χ4v) is 2.42. The van der Waals surface area contributed by atoms with Gasteiger partial charge in [0.15, 0.2) is 0 Å². The van der Waals surface area contributed by atoms with Crippen molar-refractivity contribution < 1.29 is 9.59 Å². The third-order valence-electron chi connectivity index (χ3n) is 3.54. The molecular formula is C13H25N3O2. The van der Waals surface area contributed by atoms with Gasteiger partial charge in [0.05, 0.1) is 0 Å². The lowest BCUT2D eigenvalue weighted by atomic mass is 9.83. The second-order valence-corrected chi connectivity index (χ2v) is 5.10. The summed E-state index contributed by atoms with van der Waals surface area (Å²) in [6.45, 7) is 4.13. The van der Waals surface area contributed by atoms with Crippen LogP contribution >= 0.6 is 0 Å². The smallest absolute Gasteiger partial charge is 0.242 e. The van der Waals surface area contributed by atoms with Gasteiger partial charge in [-0.3, -0.25) is 9.59 Å². The molecule has 3 unspecified atom stereocenters. The van der Waals surface area contributed by atoms with Crippen LogP contribution < -0.4 is 16.4 Å². The van der Waals surface area contributed by atoms with Gasteiger partial charge in [0, 0.05) is 19.0 Å². The lowest BCUT2D eigenvalue weighted by Gasteiger charge is -2.28. The highest BCUT2D eigenvalue weighted by molar-refractivity contribution is 5.87. The highest BCUT2D eigenvalue weighted by atomic mass is 16.2. The average molecular weight is 255 g/mol. The zero-order chi connectivity index (χ0) is 13.5. The number of carbonyl (C=O) groups excluding carboxylic acids is 2. The van der Waals surface area contributed by atoms with Crippen LogP contribution in [0.15, 0.2) is 0 Å². The van der Waals surface area contributed by atoms with Gasteiger partial charge in [0.1, 0.15) is 6.04 Å². The Kier molecular flexibility index (Phi) is 6.12. The van der Waals surface area contributed by atoms with Crippen molar-refractivity contribution >= 4 is 11.8 Å². The highest BCUT2D eigenvalue weighted by Crippen LogP contribution is 2.25. The Labute approximate surface area is 109 Å². The molecule has 4 N–H and O–H groups in total. The highest BCUT2D eigenvalue weighted by Gasteiger charge is 2.25. The Hall–Kier alpha value is -1.10. The number of likely N-dealkylation sites (N-methyl/N-ethyl adjacent to an activating group) is 1. The summed E-state index contributed by atoms with van der Waals surface area (Å²) >= 11 is 0. The molecule has 0 spiro atoms. The Morgan fingerprint density at radius 1 is 1.33 bits per heavy atom. The first-order chi connectivity index (χ1) is 8.54. The van der Waals surface area contributed by atoms with Crippen molar-refractivity contribution in [3.05, 3.63) is 0 Å². The molecule has 3 atom stereocenters. The van der Waals surface area contributed by atoms with E-state index in [1.54, 1.807) is 6.92 Å². The Bertz CT molecular complexity index is 294. The Balaban J connectivity index is 2.34. The van der Waals surface area contributed by atoms with Gasteiger partial charge in [-0.1, -0.05) is 12.8 Å². The van der Waals surface area contributed by atoms with Crippen molar-refractivity contribution in [2.75, 3.05) is 6.54 Å². The van der Waals surface area contributed by atoms with E-state index in [9.17, 15) is 9.59 Å². The predicted molar refractivity (Wildman–Crippen MR) is 70.8 cm³/mol. The van der Waals surface area contributed by atoms with Crippen molar-refractivity contribution in [2.24, 2.45) is 11.7 Å². The molecule has 1 aliphatic carbocycles. The molecular weight excluding hydrogens is 230 g/mol. The molecule has 0 aromatic heterocycles. The van der Waals surface area contributed by atoms with Gasteiger partial charge >= 0.3 is 0 Å². The molecule has 0 saturated heterocycles. The molecule has 0 heterocycles. The van der Waals surface area contributed by atoms with Crippen LogP contribution in [-0.4, -0.2) is 30.4 Å². The zero-order valence-electron chi connectivity index (χ0n) is 11.4. The summed E-state index contributed by atoms with van der Waals surface area (Å²) < 4.78 is 0. The van der Waals surface area contributed by atoms with Crippen LogP contribution in [0.5, 0.6) is 0 Å². The van der Waals surface area contributed by atoms with Crippen LogP contribution in [0.1, 0.15) is 46.0 Å². The van der Waals surface area contributed by atoms with E-state index in [0.717, 1.165) is 25.7 Å². The van der Waals surface area contributed by atoms with E-state index in [1.165, 1.54) is 0 Å². The second-order valence-electron chi connectivity index (χ2n) is 5.10. The molecule has 0 aliphatic heterocycles. The van der Waals surface area contributed by atoms with E-state index in [-0.39, 0.29) is 23.8 Å². The Morgan fingerprint density at radius 2 is 2.00 bits per heavy atom. The van der Waals surface area contributed by atoms with Crippen LogP contribution in [0, 0.1) is 5.92 Å². The van der Waals surface area contributed by atoms with Crippen molar-refractivity contribution in [1.82, 2.24) is 10.6 Å². The Morgan fingerprint density at radius 3 is 2.61 bits per heavy atom. The lowest BCUT2D eigenvalue weighted by Crippen LogP contribution is -2.46. The predicted octanol–water partition coefficient (Wildman–Crippen LogP) is 0.535. The molecule has 0 bridgehead atoms. The molecule has 5 nitrogen and oxygen atoms in total. The summed E-state index contributed by atoms with van der Waals surface area (Å²) in [6.07, 6.45) is 4.77. The van der Waals surface area contributed by atoms with Crippen molar-refractivity contribution in [3.8, 4) is 0 Å². The van der Waals surface area contributed by atoms with Crippen LogP contribution in [0.2, 0.25) is 0 Å². The maximum absolute atomic E-state index is 11.8. The van der Waals surface area contributed by atoms with Gasteiger partial charge in [0.2, 0.25) is 11.8 Å². The second kappa shape index (κ2) is 7.36. The molecule has 0 aromatic rings.